The van der Waals surface area contributed by atoms with Crippen molar-refractivity contribution in [2.24, 2.45) is 5.41 Å². The van der Waals surface area contributed by atoms with E-state index < -0.39 is 29.2 Å². The van der Waals surface area contributed by atoms with E-state index in [1.54, 1.807) is 50.1 Å². The molecule has 0 radical (unpaired) electrons. The molecule has 1 saturated heterocycles. The first-order chi connectivity index (χ1) is 18.1. The molecule has 0 saturated carbocycles. The number of halogens is 1. The van der Waals surface area contributed by atoms with Gasteiger partial charge < -0.3 is 26.0 Å². The van der Waals surface area contributed by atoms with Crippen LogP contribution in [0.2, 0.25) is 5.02 Å². The number of rotatable bonds is 11. The molecule has 2 heterocycles. The van der Waals surface area contributed by atoms with E-state index in [2.05, 4.69) is 25.9 Å². The number of benzene rings is 1. The van der Waals surface area contributed by atoms with E-state index in [0.717, 1.165) is 12.8 Å². The number of carbonyl (C=O) groups is 4. The van der Waals surface area contributed by atoms with Gasteiger partial charge in [0.05, 0.1) is 11.2 Å². The Bertz CT molecular complexity index is 1180. The molecule has 12 heteroatoms. The number of nitrogens with one attached hydrogen (secondary N) is 3. The maximum absolute atomic E-state index is 13.3. The molecule has 1 aromatic carbocycles. The molecule has 2 aromatic rings. The molecule has 0 aliphatic carbocycles. The Morgan fingerprint density at radius 2 is 1.74 bits per heavy atom. The Balaban J connectivity index is 1.69. The number of hydrogen-bond acceptors (Lipinski definition) is 7. The highest BCUT2D eigenvalue weighted by molar-refractivity contribution is 6.34. The third kappa shape index (κ3) is 6.39. The van der Waals surface area contributed by atoms with Crippen molar-refractivity contribution in [1.82, 2.24) is 20.2 Å². The molecule has 1 aromatic heterocycles. The molecule has 1 aliphatic rings. The van der Waals surface area contributed by atoms with Crippen molar-refractivity contribution >= 4 is 46.9 Å². The van der Waals surface area contributed by atoms with Gasteiger partial charge in [-0.05, 0) is 43.4 Å². The quantitative estimate of drug-likeness (QED) is 0.315. The number of nitrogens with zero attached hydrogens (tertiary/aromatic N) is 3. The molecule has 38 heavy (non-hydrogen) atoms. The first-order valence-corrected chi connectivity index (χ1v) is 13.0. The summed E-state index contributed by atoms with van der Waals surface area (Å²) in [6.07, 6.45) is 3.67. The standard InChI is InChI=1S/C26H33ClN6O5/c1-4-26(5-2,24(38)33-12-6-7-13-33)23(37)31-19(22(35)36)14-16-8-10-17(11-9-16)30-21(34)20-18(27)15-29-25(28-3)32-20/h8-11,15,19H,4-7,12-14H2,1-3H3,(H,30,34)(H,31,37)(H,35,36)(H,28,29,32)/t19-/m0/s1. The Labute approximate surface area is 226 Å². The largest absolute Gasteiger partial charge is 0.480 e. The number of aromatic nitrogens is 2. The molecule has 0 spiro atoms. The molecule has 3 amide bonds. The van der Waals surface area contributed by atoms with Gasteiger partial charge in [0.2, 0.25) is 17.8 Å². The van der Waals surface area contributed by atoms with Crippen molar-refractivity contribution in [3.05, 3.63) is 46.7 Å². The zero-order valence-corrected chi connectivity index (χ0v) is 22.5. The number of carbonyl (C=O) groups excluding carboxylic acids is 3. The van der Waals surface area contributed by atoms with Crippen LogP contribution >= 0.6 is 11.6 Å². The predicted molar refractivity (Wildman–Crippen MR) is 143 cm³/mol. The normalized spacial score (nSPS) is 14.1. The van der Waals surface area contributed by atoms with Gasteiger partial charge in [-0.2, -0.15) is 0 Å². The summed E-state index contributed by atoms with van der Waals surface area (Å²) in [7, 11) is 1.62. The second kappa shape index (κ2) is 12.7. The predicted octanol–water partition coefficient (Wildman–Crippen LogP) is 2.96. The Morgan fingerprint density at radius 1 is 1.11 bits per heavy atom. The Hall–Kier alpha value is -3.73. The highest BCUT2D eigenvalue weighted by atomic mass is 35.5. The van der Waals surface area contributed by atoms with E-state index in [9.17, 15) is 24.3 Å². The van der Waals surface area contributed by atoms with Crippen molar-refractivity contribution in [3.8, 4) is 0 Å². The van der Waals surface area contributed by atoms with Gasteiger partial charge in [-0.25, -0.2) is 14.8 Å². The number of carboxylic acids is 1. The lowest BCUT2D eigenvalue weighted by Crippen LogP contribution is -2.55. The molecule has 0 bridgehead atoms. The Kier molecular flexibility index (Phi) is 9.62. The fourth-order valence-corrected chi connectivity index (χ4v) is 4.66. The first-order valence-electron chi connectivity index (χ1n) is 12.6. The number of aliphatic carboxylic acids is 1. The maximum atomic E-state index is 13.3. The van der Waals surface area contributed by atoms with E-state index in [1.807, 2.05) is 0 Å². The Morgan fingerprint density at radius 3 is 2.29 bits per heavy atom. The second-order valence-electron chi connectivity index (χ2n) is 9.15. The van der Waals surface area contributed by atoms with E-state index in [4.69, 9.17) is 11.6 Å². The zero-order valence-electron chi connectivity index (χ0n) is 21.7. The maximum Gasteiger partial charge on any atom is 0.326 e. The van der Waals surface area contributed by atoms with Crippen LogP contribution in [0.5, 0.6) is 0 Å². The lowest BCUT2D eigenvalue weighted by molar-refractivity contribution is -0.153. The highest BCUT2D eigenvalue weighted by Crippen LogP contribution is 2.31. The molecular weight excluding hydrogens is 512 g/mol. The summed E-state index contributed by atoms with van der Waals surface area (Å²) in [6, 6.07) is 5.30. The van der Waals surface area contributed by atoms with Crippen molar-refractivity contribution in [1.29, 1.82) is 0 Å². The third-order valence-electron chi connectivity index (χ3n) is 6.88. The fourth-order valence-electron chi connectivity index (χ4n) is 4.49. The van der Waals surface area contributed by atoms with E-state index in [-0.39, 0.29) is 41.8 Å². The number of carboxylic acid groups (broad SMARTS) is 1. The summed E-state index contributed by atoms with van der Waals surface area (Å²) in [5, 5.41) is 17.9. The summed E-state index contributed by atoms with van der Waals surface area (Å²) < 4.78 is 0. The SMILES string of the molecule is CCC(CC)(C(=O)N[C@@H](Cc1ccc(NC(=O)c2nc(NC)ncc2Cl)cc1)C(=O)O)C(=O)N1CCCC1. The molecule has 204 valence electrons. The third-order valence-corrected chi connectivity index (χ3v) is 7.16. The zero-order chi connectivity index (χ0) is 27.9. The van der Waals surface area contributed by atoms with Gasteiger partial charge >= 0.3 is 5.97 Å². The van der Waals surface area contributed by atoms with E-state index in [1.165, 1.54) is 6.20 Å². The van der Waals surface area contributed by atoms with Crippen LogP contribution in [0.3, 0.4) is 0 Å². The number of likely N-dealkylation sites (tertiary alicyclic amines) is 1. The number of amides is 3. The minimum atomic E-state index is -1.30. The summed E-state index contributed by atoms with van der Waals surface area (Å²) in [6.45, 7) is 4.76. The van der Waals surface area contributed by atoms with E-state index in [0.29, 0.717) is 24.3 Å². The average molecular weight is 545 g/mol. The molecule has 1 aliphatic heterocycles. The summed E-state index contributed by atoms with van der Waals surface area (Å²) in [5.41, 5.74) is -0.232. The number of anilines is 2. The topological polar surface area (TPSA) is 154 Å². The van der Waals surface area contributed by atoms with Crippen LogP contribution < -0.4 is 16.0 Å². The monoisotopic (exact) mass is 544 g/mol. The van der Waals surface area contributed by atoms with Crippen molar-refractivity contribution < 1.29 is 24.3 Å². The lowest BCUT2D eigenvalue weighted by Gasteiger charge is -2.34. The smallest absolute Gasteiger partial charge is 0.326 e. The van der Waals surface area contributed by atoms with E-state index >= 15 is 0 Å². The number of hydrogen-bond donors (Lipinski definition) is 4. The molecule has 0 unspecified atom stereocenters. The van der Waals surface area contributed by atoms with Crippen LogP contribution in [0.25, 0.3) is 0 Å². The first kappa shape index (κ1) is 28.8. The van der Waals surface area contributed by atoms with Gasteiger partial charge in [-0.15, -0.1) is 0 Å². The second-order valence-corrected chi connectivity index (χ2v) is 9.56. The van der Waals surface area contributed by atoms with Gasteiger partial charge in [0.25, 0.3) is 5.91 Å². The van der Waals surface area contributed by atoms with Crippen LogP contribution in [0.4, 0.5) is 11.6 Å². The summed E-state index contributed by atoms with van der Waals surface area (Å²) in [4.78, 5) is 60.9. The van der Waals surface area contributed by atoms with Crippen molar-refractivity contribution in [2.75, 3.05) is 30.8 Å². The minimum absolute atomic E-state index is 0.0000189. The van der Waals surface area contributed by atoms with Crippen LogP contribution in [0.15, 0.2) is 30.5 Å². The van der Waals surface area contributed by atoms with Gasteiger partial charge in [0.1, 0.15) is 11.5 Å². The molecule has 3 rings (SSSR count). The van der Waals surface area contributed by atoms with Gasteiger partial charge in [0, 0.05) is 32.2 Å². The molecule has 1 fully saturated rings. The van der Waals surface area contributed by atoms with Crippen LogP contribution in [-0.2, 0) is 20.8 Å². The van der Waals surface area contributed by atoms with Crippen LogP contribution in [0.1, 0.15) is 55.6 Å². The van der Waals surface area contributed by atoms with Crippen LogP contribution in [0, 0.1) is 5.41 Å². The highest BCUT2D eigenvalue weighted by Gasteiger charge is 2.46. The summed E-state index contributed by atoms with van der Waals surface area (Å²) in [5.74, 6) is -2.31. The van der Waals surface area contributed by atoms with Crippen molar-refractivity contribution in [2.45, 2.75) is 52.0 Å². The minimum Gasteiger partial charge on any atom is -0.480 e. The molecule has 1 atom stereocenters. The summed E-state index contributed by atoms with van der Waals surface area (Å²) >= 11 is 6.05. The fraction of sp³-hybridized carbons (Fsp3) is 0.462. The van der Waals surface area contributed by atoms with Crippen LogP contribution in [-0.4, -0.2) is 69.8 Å². The van der Waals surface area contributed by atoms with Gasteiger partial charge in [0.15, 0.2) is 5.69 Å². The molecule has 11 nitrogen and oxygen atoms in total. The van der Waals surface area contributed by atoms with Gasteiger partial charge in [-0.3, -0.25) is 14.4 Å². The lowest BCUT2D eigenvalue weighted by atomic mass is 9.79. The van der Waals surface area contributed by atoms with Crippen molar-refractivity contribution in [3.63, 3.8) is 0 Å². The van der Waals surface area contributed by atoms with Gasteiger partial charge in [-0.1, -0.05) is 37.6 Å². The molecule has 4 N–H and O–H groups in total. The molecular formula is C26H33ClN6O5. The average Bonchev–Trinajstić information content (AvgIpc) is 3.45.